The lowest BCUT2D eigenvalue weighted by Crippen LogP contribution is -1.88. The molecule has 0 saturated carbocycles. The lowest BCUT2D eigenvalue weighted by molar-refractivity contribution is 0.474. The van der Waals surface area contributed by atoms with Crippen LogP contribution in [0.1, 0.15) is 22.3 Å². The quantitative estimate of drug-likeness (QED) is 0.238. The smallest absolute Gasteiger partial charge is 0.143 e. The second-order valence-electron chi connectivity index (χ2n) is 7.68. The summed E-state index contributed by atoms with van der Waals surface area (Å²) in [4.78, 5) is 8.78. The highest BCUT2D eigenvalue weighted by atomic mass is 35.5. The minimum absolute atomic E-state index is 0.0580. The van der Waals surface area contributed by atoms with E-state index in [1.165, 1.54) is 24.6 Å². The van der Waals surface area contributed by atoms with Crippen molar-refractivity contribution in [3.05, 3.63) is 115 Å². The van der Waals surface area contributed by atoms with E-state index in [1.54, 1.807) is 12.1 Å². The first-order valence-electron chi connectivity index (χ1n) is 10.4. The van der Waals surface area contributed by atoms with Gasteiger partial charge in [-0.1, -0.05) is 70.7 Å². The van der Waals surface area contributed by atoms with E-state index in [1.807, 2.05) is 48.5 Å². The van der Waals surface area contributed by atoms with Crippen molar-refractivity contribution < 1.29 is 10.2 Å². The van der Waals surface area contributed by atoms with E-state index in [2.05, 4.69) is 9.98 Å². The third kappa shape index (κ3) is 6.56. The number of aliphatic imine (C=N–C) groups is 2. The summed E-state index contributed by atoms with van der Waals surface area (Å²) in [6.07, 6.45) is 3.79. The van der Waals surface area contributed by atoms with Crippen LogP contribution >= 0.6 is 46.4 Å². The van der Waals surface area contributed by atoms with Gasteiger partial charge in [-0.25, -0.2) is 0 Å². The molecule has 4 aromatic carbocycles. The Bertz CT molecular complexity index is 1310. The zero-order chi connectivity index (χ0) is 24.9. The highest BCUT2D eigenvalue weighted by Crippen LogP contribution is 2.31. The standard InChI is InChI=1S/C27H18Cl4N2O2/c28-20-10-18(26(34)24(30)12-20)14-32-22-5-1-16(2-6-22)9-17-3-7-23(8-4-17)33-15-19-11-21(29)13-25(31)27(19)35/h1-8,10-15,34-35H,9H2. The maximum atomic E-state index is 10.0. The molecule has 0 atom stereocenters. The first-order valence-corrected chi connectivity index (χ1v) is 11.9. The van der Waals surface area contributed by atoms with Gasteiger partial charge < -0.3 is 10.2 Å². The average Bonchev–Trinajstić information content (AvgIpc) is 2.83. The first-order chi connectivity index (χ1) is 16.8. The highest BCUT2D eigenvalue weighted by Gasteiger charge is 2.07. The molecule has 8 heteroatoms. The summed E-state index contributed by atoms with van der Waals surface area (Å²) in [5.41, 5.74) is 4.60. The van der Waals surface area contributed by atoms with Crippen LogP contribution in [0.4, 0.5) is 11.4 Å². The highest BCUT2D eigenvalue weighted by molar-refractivity contribution is 6.36. The van der Waals surface area contributed by atoms with Crippen LogP contribution < -0.4 is 0 Å². The molecule has 0 aliphatic heterocycles. The summed E-state index contributed by atoms with van der Waals surface area (Å²) in [6, 6.07) is 21.7. The van der Waals surface area contributed by atoms with Crippen LogP contribution in [-0.2, 0) is 6.42 Å². The fourth-order valence-corrected chi connectivity index (χ4v) is 4.31. The minimum atomic E-state index is -0.0580. The second-order valence-corrected chi connectivity index (χ2v) is 9.36. The topological polar surface area (TPSA) is 65.2 Å². The molecule has 0 amide bonds. The van der Waals surface area contributed by atoms with Crippen molar-refractivity contribution >= 4 is 70.2 Å². The number of rotatable bonds is 6. The van der Waals surface area contributed by atoms with Crippen LogP contribution in [0.3, 0.4) is 0 Å². The summed E-state index contributed by atoms with van der Waals surface area (Å²) in [7, 11) is 0. The Morgan fingerprint density at radius 3 is 1.31 bits per heavy atom. The van der Waals surface area contributed by atoms with Gasteiger partial charge in [0.15, 0.2) is 0 Å². The van der Waals surface area contributed by atoms with Gasteiger partial charge in [0.05, 0.1) is 21.4 Å². The predicted molar refractivity (Wildman–Crippen MR) is 146 cm³/mol. The van der Waals surface area contributed by atoms with Gasteiger partial charge in [-0.15, -0.1) is 0 Å². The fraction of sp³-hybridized carbons (Fsp3) is 0.0370. The average molecular weight is 544 g/mol. The third-order valence-electron chi connectivity index (χ3n) is 5.10. The molecule has 0 aromatic heterocycles. The normalized spacial score (nSPS) is 11.5. The molecule has 0 saturated heterocycles. The lowest BCUT2D eigenvalue weighted by Gasteiger charge is -2.05. The van der Waals surface area contributed by atoms with Crippen molar-refractivity contribution in [1.29, 1.82) is 0 Å². The molecule has 0 radical (unpaired) electrons. The monoisotopic (exact) mass is 542 g/mol. The Labute approximate surface area is 222 Å². The maximum Gasteiger partial charge on any atom is 0.143 e. The largest absolute Gasteiger partial charge is 0.506 e. The van der Waals surface area contributed by atoms with Gasteiger partial charge in [0.25, 0.3) is 0 Å². The van der Waals surface area contributed by atoms with Gasteiger partial charge in [-0.05, 0) is 66.1 Å². The van der Waals surface area contributed by atoms with E-state index in [0.29, 0.717) is 21.2 Å². The third-order valence-corrected chi connectivity index (χ3v) is 6.11. The maximum absolute atomic E-state index is 10.0. The Morgan fingerprint density at radius 1 is 0.571 bits per heavy atom. The molecule has 0 aliphatic rings. The zero-order valence-corrected chi connectivity index (χ0v) is 21.1. The molecule has 0 fully saturated rings. The van der Waals surface area contributed by atoms with Crippen LogP contribution in [0.25, 0.3) is 0 Å². The summed E-state index contributed by atoms with van der Waals surface area (Å²) >= 11 is 23.9. The fourth-order valence-electron chi connectivity index (χ4n) is 3.29. The van der Waals surface area contributed by atoms with Gasteiger partial charge >= 0.3 is 0 Å². The van der Waals surface area contributed by atoms with Gasteiger partial charge in [-0.3, -0.25) is 9.98 Å². The van der Waals surface area contributed by atoms with E-state index < -0.39 is 0 Å². The first kappa shape index (κ1) is 25.1. The van der Waals surface area contributed by atoms with Crippen molar-refractivity contribution in [3.63, 3.8) is 0 Å². The molecule has 176 valence electrons. The number of halogens is 4. The number of phenolic OH excluding ortho intramolecular Hbond substituents is 2. The van der Waals surface area contributed by atoms with Crippen molar-refractivity contribution in [3.8, 4) is 11.5 Å². The molecule has 0 aliphatic carbocycles. The second kappa shape index (κ2) is 11.1. The molecule has 0 unspecified atom stereocenters. The summed E-state index contributed by atoms with van der Waals surface area (Å²) in [5, 5.41) is 21.3. The number of nitrogens with zero attached hydrogens (tertiary/aromatic N) is 2. The molecule has 35 heavy (non-hydrogen) atoms. The van der Waals surface area contributed by atoms with Gasteiger partial charge in [0, 0.05) is 33.6 Å². The molecular formula is C27H18Cl4N2O2. The summed E-state index contributed by atoms with van der Waals surface area (Å²) in [5.74, 6) is -0.116. The van der Waals surface area contributed by atoms with Gasteiger partial charge in [0.1, 0.15) is 11.5 Å². The van der Waals surface area contributed by atoms with Crippen LogP contribution in [0.2, 0.25) is 20.1 Å². The van der Waals surface area contributed by atoms with Gasteiger partial charge in [0.2, 0.25) is 0 Å². The molecule has 4 nitrogen and oxygen atoms in total. The van der Waals surface area contributed by atoms with E-state index in [-0.39, 0.29) is 21.5 Å². The summed E-state index contributed by atoms with van der Waals surface area (Å²) in [6.45, 7) is 0. The molecule has 4 rings (SSSR count). The van der Waals surface area contributed by atoms with Crippen LogP contribution in [-0.4, -0.2) is 22.6 Å². The van der Waals surface area contributed by atoms with Crippen LogP contribution in [0.15, 0.2) is 82.8 Å². The summed E-state index contributed by atoms with van der Waals surface area (Å²) < 4.78 is 0. The van der Waals surface area contributed by atoms with E-state index in [0.717, 1.165) is 28.9 Å². The van der Waals surface area contributed by atoms with Crippen LogP contribution in [0, 0.1) is 0 Å². The van der Waals surface area contributed by atoms with E-state index in [9.17, 15) is 10.2 Å². The molecular weight excluding hydrogens is 526 g/mol. The number of hydrogen-bond acceptors (Lipinski definition) is 4. The Balaban J connectivity index is 1.40. The molecule has 0 bridgehead atoms. The number of hydrogen-bond donors (Lipinski definition) is 2. The molecule has 4 aromatic rings. The number of phenols is 2. The Morgan fingerprint density at radius 2 is 0.943 bits per heavy atom. The van der Waals surface area contributed by atoms with Crippen molar-refractivity contribution in [2.75, 3.05) is 0 Å². The minimum Gasteiger partial charge on any atom is -0.506 e. The van der Waals surface area contributed by atoms with Crippen molar-refractivity contribution in [2.45, 2.75) is 6.42 Å². The van der Waals surface area contributed by atoms with Gasteiger partial charge in [-0.2, -0.15) is 0 Å². The molecule has 0 heterocycles. The Kier molecular flexibility index (Phi) is 7.99. The number of aromatic hydroxyl groups is 2. The van der Waals surface area contributed by atoms with Crippen LogP contribution in [0.5, 0.6) is 11.5 Å². The Hall–Kier alpha value is -3.02. The molecule has 0 spiro atoms. The van der Waals surface area contributed by atoms with Crippen molar-refractivity contribution in [1.82, 2.24) is 0 Å². The lowest BCUT2D eigenvalue weighted by atomic mass is 10.0. The predicted octanol–water partition coefficient (Wildman–Crippen LogP) is 8.80. The van der Waals surface area contributed by atoms with Crippen molar-refractivity contribution in [2.24, 2.45) is 9.98 Å². The zero-order valence-electron chi connectivity index (χ0n) is 18.1. The number of benzene rings is 4. The van der Waals surface area contributed by atoms with E-state index >= 15 is 0 Å². The molecule has 2 N–H and O–H groups in total. The SMILES string of the molecule is Oc1c(Cl)cc(Cl)cc1C=Nc1ccc(Cc2ccc(N=Cc3cc(Cl)cc(Cl)c3O)cc2)cc1. The van der Waals surface area contributed by atoms with E-state index in [4.69, 9.17) is 46.4 Å².